The van der Waals surface area contributed by atoms with E-state index in [0.29, 0.717) is 36.9 Å². The van der Waals surface area contributed by atoms with Crippen molar-refractivity contribution >= 4 is 17.5 Å². The molecule has 7 nitrogen and oxygen atoms in total. The number of fused-ring (bicyclic) bond motifs is 4. The van der Waals surface area contributed by atoms with Crippen LogP contribution in [0.5, 0.6) is 0 Å². The topological polar surface area (TPSA) is 83.8 Å². The van der Waals surface area contributed by atoms with Crippen molar-refractivity contribution in [2.75, 3.05) is 19.6 Å². The highest BCUT2D eigenvalue weighted by Crippen LogP contribution is 2.38. The SMILES string of the molecule is O=C(c1cccc([N+](=O)[O-])c1)N1CC2CC(C1)C1CCCC(=O)N1C2. The number of nitrogens with zero attached hydrogens (tertiary/aromatic N) is 3. The van der Waals surface area contributed by atoms with E-state index in [2.05, 4.69) is 0 Å². The molecule has 3 fully saturated rings. The van der Waals surface area contributed by atoms with Gasteiger partial charge in [0, 0.05) is 49.8 Å². The van der Waals surface area contributed by atoms with Gasteiger partial charge in [0.25, 0.3) is 11.6 Å². The van der Waals surface area contributed by atoms with E-state index < -0.39 is 4.92 Å². The van der Waals surface area contributed by atoms with Gasteiger partial charge in [-0.3, -0.25) is 19.7 Å². The zero-order valence-corrected chi connectivity index (χ0v) is 14.0. The van der Waals surface area contributed by atoms with E-state index in [4.69, 9.17) is 0 Å². The molecule has 3 aliphatic heterocycles. The lowest BCUT2D eigenvalue weighted by Gasteiger charge is -2.52. The number of carbonyl (C=O) groups is 2. The Morgan fingerprint density at radius 1 is 1.24 bits per heavy atom. The number of rotatable bonds is 2. The van der Waals surface area contributed by atoms with Crippen molar-refractivity contribution in [3.63, 3.8) is 0 Å². The first kappa shape index (κ1) is 16.1. The third-order valence-electron chi connectivity index (χ3n) is 5.77. The zero-order chi connectivity index (χ0) is 17.6. The highest BCUT2D eigenvalue weighted by atomic mass is 16.6. The Labute approximate surface area is 145 Å². The van der Waals surface area contributed by atoms with Crippen molar-refractivity contribution in [3.8, 4) is 0 Å². The fourth-order valence-corrected chi connectivity index (χ4v) is 4.71. The van der Waals surface area contributed by atoms with E-state index in [1.54, 1.807) is 12.1 Å². The first-order valence-electron chi connectivity index (χ1n) is 8.86. The summed E-state index contributed by atoms with van der Waals surface area (Å²) in [6, 6.07) is 6.18. The minimum atomic E-state index is -0.479. The molecule has 25 heavy (non-hydrogen) atoms. The molecule has 0 radical (unpaired) electrons. The Morgan fingerprint density at radius 3 is 2.88 bits per heavy atom. The molecule has 2 amide bonds. The van der Waals surface area contributed by atoms with Crippen molar-refractivity contribution in [2.24, 2.45) is 11.8 Å². The molecule has 1 aromatic carbocycles. The number of nitro benzene ring substituents is 1. The number of benzene rings is 1. The lowest BCUT2D eigenvalue weighted by molar-refractivity contribution is -0.384. The Hall–Kier alpha value is -2.44. The second-order valence-electron chi connectivity index (χ2n) is 7.39. The zero-order valence-electron chi connectivity index (χ0n) is 14.0. The molecule has 0 N–H and O–H groups in total. The molecule has 132 valence electrons. The van der Waals surface area contributed by atoms with Gasteiger partial charge in [-0.05, 0) is 37.2 Å². The molecule has 0 spiro atoms. The number of nitro groups is 1. The number of non-ortho nitro benzene ring substituents is 1. The minimum Gasteiger partial charge on any atom is -0.339 e. The second kappa shape index (κ2) is 6.13. The van der Waals surface area contributed by atoms with Gasteiger partial charge >= 0.3 is 0 Å². The lowest BCUT2D eigenvalue weighted by atomic mass is 9.76. The summed E-state index contributed by atoms with van der Waals surface area (Å²) in [4.78, 5) is 39.4. The molecule has 7 heteroatoms. The number of carbonyl (C=O) groups excluding carboxylic acids is 2. The Bertz CT molecular complexity index is 735. The van der Waals surface area contributed by atoms with Gasteiger partial charge in [0.2, 0.25) is 5.91 Å². The van der Waals surface area contributed by atoms with E-state index in [1.165, 1.54) is 12.1 Å². The number of amides is 2. The van der Waals surface area contributed by atoms with Crippen molar-refractivity contribution in [1.82, 2.24) is 9.80 Å². The summed E-state index contributed by atoms with van der Waals surface area (Å²) in [5, 5.41) is 10.9. The van der Waals surface area contributed by atoms with Gasteiger partial charge in [-0.25, -0.2) is 0 Å². The van der Waals surface area contributed by atoms with Crippen LogP contribution in [0.2, 0.25) is 0 Å². The minimum absolute atomic E-state index is 0.0629. The number of hydrogen-bond acceptors (Lipinski definition) is 4. The maximum absolute atomic E-state index is 12.9. The largest absolute Gasteiger partial charge is 0.339 e. The predicted octanol–water partition coefficient (Wildman–Crippen LogP) is 2.07. The van der Waals surface area contributed by atoms with Gasteiger partial charge in [0.15, 0.2) is 0 Å². The molecule has 3 heterocycles. The smallest absolute Gasteiger partial charge is 0.270 e. The molecule has 0 aromatic heterocycles. The molecular weight excluding hydrogens is 322 g/mol. The van der Waals surface area contributed by atoms with Crippen LogP contribution in [0.25, 0.3) is 0 Å². The first-order valence-corrected chi connectivity index (χ1v) is 8.86. The predicted molar refractivity (Wildman–Crippen MR) is 89.9 cm³/mol. The molecule has 3 saturated heterocycles. The van der Waals surface area contributed by atoms with E-state index in [9.17, 15) is 19.7 Å². The molecule has 3 atom stereocenters. The summed E-state index contributed by atoms with van der Waals surface area (Å²) in [6.07, 6.45) is 3.65. The molecule has 2 bridgehead atoms. The summed E-state index contributed by atoms with van der Waals surface area (Å²) in [5.74, 6) is 0.734. The maximum atomic E-state index is 12.9. The first-order chi connectivity index (χ1) is 12.0. The third kappa shape index (κ3) is 2.88. The van der Waals surface area contributed by atoms with Crippen LogP contribution in [-0.4, -0.2) is 52.2 Å². The van der Waals surface area contributed by atoms with Crippen LogP contribution >= 0.6 is 0 Å². The molecule has 1 aromatic rings. The third-order valence-corrected chi connectivity index (χ3v) is 5.77. The van der Waals surface area contributed by atoms with Crippen LogP contribution in [-0.2, 0) is 4.79 Å². The maximum Gasteiger partial charge on any atom is 0.270 e. The molecular formula is C18H21N3O4. The van der Waals surface area contributed by atoms with Crippen molar-refractivity contribution in [1.29, 1.82) is 0 Å². The van der Waals surface area contributed by atoms with Gasteiger partial charge in [0.1, 0.15) is 0 Å². The molecule has 3 aliphatic rings. The lowest BCUT2D eigenvalue weighted by Crippen LogP contribution is -2.61. The highest BCUT2D eigenvalue weighted by molar-refractivity contribution is 5.95. The average molecular weight is 343 g/mol. The Balaban J connectivity index is 1.53. The summed E-state index contributed by atoms with van der Waals surface area (Å²) < 4.78 is 0. The number of piperidine rings is 3. The van der Waals surface area contributed by atoms with Crippen molar-refractivity contribution in [3.05, 3.63) is 39.9 Å². The van der Waals surface area contributed by atoms with Crippen LogP contribution in [0, 0.1) is 22.0 Å². The van der Waals surface area contributed by atoms with Crippen molar-refractivity contribution < 1.29 is 14.5 Å². The van der Waals surface area contributed by atoms with Crippen LogP contribution in [0.3, 0.4) is 0 Å². The number of hydrogen-bond donors (Lipinski definition) is 0. The van der Waals surface area contributed by atoms with Crippen LogP contribution in [0.4, 0.5) is 5.69 Å². The average Bonchev–Trinajstić information content (AvgIpc) is 2.62. The molecule has 0 aliphatic carbocycles. The molecule has 3 unspecified atom stereocenters. The van der Waals surface area contributed by atoms with E-state index in [-0.39, 0.29) is 23.5 Å². The van der Waals surface area contributed by atoms with E-state index >= 15 is 0 Å². The van der Waals surface area contributed by atoms with Crippen LogP contribution in [0.15, 0.2) is 24.3 Å². The van der Waals surface area contributed by atoms with Gasteiger partial charge in [0.05, 0.1) is 4.92 Å². The molecule has 4 rings (SSSR count). The Morgan fingerprint density at radius 2 is 2.08 bits per heavy atom. The monoisotopic (exact) mass is 343 g/mol. The summed E-state index contributed by atoms with van der Waals surface area (Å²) in [6.45, 7) is 1.99. The quantitative estimate of drug-likeness (QED) is 0.608. The van der Waals surface area contributed by atoms with Crippen LogP contribution < -0.4 is 0 Å². The summed E-state index contributed by atoms with van der Waals surface area (Å²) in [5.41, 5.74) is 0.304. The van der Waals surface area contributed by atoms with Gasteiger partial charge in [-0.15, -0.1) is 0 Å². The van der Waals surface area contributed by atoms with Crippen molar-refractivity contribution in [2.45, 2.75) is 31.7 Å². The van der Waals surface area contributed by atoms with Gasteiger partial charge in [-0.2, -0.15) is 0 Å². The fraction of sp³-hybridized carbons (Fsp3) is 0.556. The number of likely N-dealkylation sites (tertiary alicyclic amines) is 1. The fourth-order valence-electron chi connectivity index (χ4n) is 4.71. The van der Waals surface area contributed by atoms with Crippen LogP contribution in [0.1, 0.15) is 36.0 Å². The van der Waals surface area contributed by atoms with E-state index in [1.807, 2.05) is 9.80 Å². The standard InChI is InChI=1S/C18H21N3O4/c22-17-6-2-5-16-14-7-12(10-20(16)17)9-19(11-14)18(23)13-3-1-4-15(8-13)21(24)25/h1,3-4,8,12,14,16H,2,5-7,9-11H2. The second-order valence-corrected chi connectivity index (χ2v) is 7.39. The van der Waals surface area contributed by atoms with E-state index in [0.717, 1.165) is 25.8 Å². The Kier molecular flexibility index (Phi) is 3.94. The summed E-state index contributed by atoms with van der Waals surface area (Å²) in [7, 11) is 0. The molecule has 0 saturated carbocycles. The normalized spacial score (nSPS) is 28.5. The van der Waals surface area contributed by atoms with Gasteiger partial charge < -0.3 is 9.80 Å². The van der Waals surface area contributed by atoms with Gasteiger partial charge in [-0.1, -0.05) is 6.07 Å². The highest BCUT2D eigenvalue weighted by Gasteiger charge is 2.44. The summed E-state index contributed by atoms with van der Waals surface area (Å²) >= 11 is 0.